The van der Waals surface area contributed by atoms with E-state index in [4.69, 9.17) is 4.74 Å². The van der Waals surface area contributed by atoms with E-state index in [0.717, 1.165) is 92.3 Å². The predicted molar refractivity (Wildman–Crippen MR) is 146 cm³/mol. The number of benzene rings is 2. The molecule has 0 atom stereocenters. The van der Waals surface area contributed by atoms with Crippen LogP contribution >= 0.6 is 11.8 Å². The molecule has 0 aliphatic carbocycles. The lowest BCUT2D eigenvalue weighted by molar-refractivity contribution is -0.144. The zero-order valence-corrected chi connectivity index (χ0v) is 22.9. The molecule has 4 rings (SSSR count). The van der Waals surface area contributed by atoms with Crippen molar-refractivity contribution in [3.8, 4) is 0 Å². The number of hydrogen-bond donors (Lipinski definition) is 0. The van der Waals surface area contributed by atoms with Gasteiger partial charge >= 0.3 is 12.1 Å². The average molecular weight is 547 g/mol. The van der Waals surface area contributed by atoms with Crippen molar-refractivity contribution < 1.29 is 22.7 Å². The van der Waals surface area contributed by atoms with Crippen molar-refractivity contribution in [3.05, 3.63) is 65.2 Å². The second-order valence-corrected chi connectivity index (χ2v) is 11.0. The van der Waals surface area contributed by atoms with E-state index < -0.39 is 11.7 Å². The van der Waals surface area contributed by atoms with Crippen LogP contribution in [0.4, 0.5) is 13.2 Å². The van der Waals surface area contributed by atoms with Crippen LogP contribution in [-0.2, 0) is 15.7 Å². The van der Waals surface area contributed by atoms with E-state index in [1.165, 1.54) is 23.9 Å². The fraction of sp³-hybridized carbons (Fsp3) is 0.500. The number of halogens is 3. The fourth-order valence-electron chi connectivity index (χ4n) is 4.95. The molecule has 206 valence electrons. The van der Waals surface area contributed by atoms with Gasteiger partial charge in [0.05, 0.1) is 5.56 Å². The molecule has 1 fully saturated rings. The minimum atomic E-state index is -4.37. The zero-order chi connectivity index (χ0) is 27.0. The standard InChI is InChI=1S/C30H37F3N2O2S/c1-2-3-4-5-12-29(36)37-21-20-35-18-16-34(17-19-35)15-8-10-24-25-9-6-7-11-27(25)38-28-14-13-23(22-26(24)28)30(31,32)33/h6-7,9-11,13-14,22H,2-5,8,12,15-21H2,1H3. The van der Waals surface area contributed by atoms with Gasteiger partial charge in [0.15, 0.2) is 0 Å². The molecule has 0 radical (unpaired) electrons. The molecule has 0 aromatic heterocycles. The number of nitrogens with zero attached hydrogens (tertiary/aromatic N) is 2. The van der Waals surface area contributed by atoms with Crippen molar-refractivity contribution in [3.63, 3.8) is 0 Å². The van der Waals surface area contributed by atoms with Gasteiger partial charge in [-0.05, 0) is 53.8 Å². The van der Waals surface area contributed by atoms with Crippen LogP contribution in [0.3, 0.4) is 0 Å². The van der Waals surface area contributed by atoms with Crippen LogP contribution in [0.15, 0.2) is 58.3 Å². The molecule has 1 saturated heterocycles. The minimum Gasteiger partial charge on any atom is -0.464 e. The van der Waals surface area contributed by atoms with Crippen LogP contribution < -0.4 is 0 Å². The van der Waals surface area contributed by atoms with Gasteiger partial charge < -0.3 is 9.64 Å². The Morgan fingerprint density at radius 3 is 2.39 bits per heavy atom. The molecule has 2 heterocycles. The lowest BCUT2D eigenvalue weighted by Crippen LogP contribution is -2.47. The normalized spacial score (nSPS) is 17.3. The summed E-state index contributed by atoms with van der Waals surface area (Å²) in [6, 6.07) is 12.0. The van der Waals surface area contributed by atoms with Gasteiger partial charge in [0.2, 0.25) is 0 Å². The Hall–Kier alpha value is -2.29. The Kier molecular flexibility index (Phi) is 10.3. The smallest absolute Gasteiger partial charge is 0.416 e. The molecule has 8 heteroatoms. The molecule has 2 aliphatic heterocycles. The summed E-state index contributed by atoms with van der Waals surface area (Å²) in [6.07, 6.45) is 3.31. The maximum absolute atomic E-state index is 13.4. The van der Waals surface area contributed by atoms with Crippen LogP contribution in [0.25, 0.3) is 5.57 Å². The van der Waals surface area contributed by atoms with E-state index in [-0.39, 0.29) is 5.97 Å². The number of rotatable bonds is 11. The van der Waals surface area contributed by atoms with Gasteiger partial charge in [0.25, 0.3) is 0 Å². The van der Waals surface area contributed by atoms with Crippen LogP contribution in [0, 0.1) is 0 Å². The number of alkyl halides is 3. The van der Waals surface area contributed by atoms with E-state index in [2.05, 4.69) is 22.8 Å². The van der Waals surface area contributed by atoms with Crippen molar-refractivity contribution in [1.29, 1.82) is 0 Å². The number of fused-ring (bicyclic) bond motifs is 2. The topological polar surface area (TPSA) is 32.8 Å². The fourth-order valence-corrected chi connectivity index (χ4v) is 6.04. The molecule has 0 saturated carbocycles. The largest absolute Gasteiger partial charge is 0.464 e. The summed E-state index contributed by atoms with van der Waals surface area (Å²) in [6.45, 7) is 7.89. The van der Waals surface area contributed by atoms with E-state index in [1.807, 2.05) is 24.3 Å². The second kappa shape index (κ2) is 13.7. The SMILES string of the molecule is CCCCCCC(=O)OCCN1CCN(CCC=C2c3ccccc3Sc3ccc(C(F)(F)F)cc32)CC1. The molecule has 0 N–H and O–H groups in total. The third-order valence-corrected chi connectivity index (χ3v) is 8.31. The number of carbonyl (C=O) groups excluding carboxylic acids is 1. The van der Waals surface area contributed by atoms with Crippen LogP contribution in [0.1, 0.15) is 62.1 Å². The van der Waals surface area contributed by atoms with Gasteiger partial charge in [-0.1, -0.05) is 62.2 Å². The Morgan fingerprint density at radius 1 is 0.947 bits per heavy atom. The molecule has 0 spiro atoms. The first-order chi connectivity index (χ1) is 18.3. The molecule has 4 nitrogen and oxygen atoms in total. The third kappa shape index (κ3) is 7.87. The van der Waals surface area contributed by atoms with Gasteiger partial charge in [0.1, 0.15) is 6.61 Å². The van der Waals surface area contributed by atoms with Gasteiger partial charge in [0, 0.05) is 55.5 Å². The highest BCUT2D eigenvalue weighted by molar-refractivity contribution is 7.99. The first-order valence-electron chi connectivity index (χ1n) is 13.6. The van der Waals surface area contributed by atoms with E-state index in [1.54, 1.807) is 6.07 Å². The lowest BCUT2D eigenvalue weighted by Gasteiger charge is -2.34. The third-order valence-electron chi connectivity index (χ3n) is 7.16. The Morgan fingerprint density at radius 2 is 1.66 bits per heavy atom. The number of hydrogen-bond acceptors (Lipinski definition) is 5. The highest BCUT2D eigenvalue weighted by atomic mass is 32.2. The molecular formula is C30H37F3N2O2S. The van der Waals surface area contributed by atoms with Crippen molar-refractivity contribution in [2.45, 2.75) is 61.4 Å². The van der Waals surface area contributed by atoms with E-state index in [9.17, 15) is 18.0 Å². The van der Waals surface area contributed by atoms with Gasteiger partial charge in [-0.25, -0.2) is 0 Å². The van der Waals surface area contributed by atoms with Crippen molar-refractivity contribution in [2.75, 3.05) is 45.9 Å². The van der Waals surface area contributed by atoms with Gasteiger partial charge in [-0.2, -0.15) is 13.2 Å². The number of ether oxygens (including phenoxy) is 1. The maximum Gasteiger partial charge on any atom is 0.416 e. The lowest BCUT2D eigenvalue weighted by atomic mass is 9.94. The molecule has 2 aromatic rings. The van der Waals surface area contributed by atoms with Crippen LogP contribution in [0.5, 0.6) is 0 Å². The molecule has 0 bridgehead atoms. The second-order valence-electron chi connectivity index (χ2n) is 9.93. The number of piperazine rings is 1. The molecular weight excluding hydrogens is 509 g/mol. The molecule has 2 aromatic carbocycles. The molecule has 2 aliphatic rings. The summed E-state index contributed by atoms with van der Waals surface area (Å²) in [5.41, 5.74) is 1.93. The summed E-state index contributed by atoms with van der Waals surface area (Å²) in [4.78, 5) is 18.5. The van der Waals surface area contributed by atoms with Gasteiger partial charge in [-0.15, -0.1) is 0 Å². The summed E-state index contributed by atoms with van der Waals surface area (Å²) in [5, 5.41) is 0. The van der Waals surface area contributed by atoms with E-state index in [0.29, 0.717) is 18.6 Å². The Balaban J connectivity index is 1.28. The summed E-state index contributed by atoms with van der Waals surface area (Å²) >= 11 is 1.53. The predicted octanol–water partition coefficient (Wildman–Crippen LogP) is 7.12. The van der Waals surface area contributed by atoms with Crippen LogP contribution in [-0.4, -0.2) is 61.6 Å². The zero-order valence-electron chi connectivity index (χ0n) is 22.1. The highest BCUT2D eigenvalue weighted by Crippen LogP contribution is 2.47. The summed E-state index contributed by atoms with van der Waals surface area (Å²) in [7, 11) is 0. The molecule has 0 unspecified atom stereocenters. The average Bonchev–Trinajstić information content (AvgIpc) is 2.91. The number of carbonyl (C=O) groups is 1. The van der Waals surface area contributed by atoms with Crippen LogP contribution in [0.2, 0.25) is 0 Å². The highest BCUT2D eigenvalue weighted by Gasteiger charge is 2.32. The maximum atomic E-state index is 13.4. The summed E-state index contributed by atoms with van der Waals surface area (Å²) < 4.78 is 45.7. The first kappa shape index (κ1) is 28.7. The van der Waals surface area contributed by atoms with Gasteiger partial charge in [-0.3, -0.25) is 9.69 Å². The van der Waals surface area contributed by atoms with Crippen molar-refractivity contribution in [1.82, 2.24) is 9.80 Å². The minimum absolute atomic E-state index is 0.0978. The first-order valence-corrected chi connectivity index (χ1v) is 14.5. The van der Waals surface area contributed by atoms with Crippen molar-refractivity contribution in [2.24, 2.45) is 0 Å². The molecule has 0 amide bonds. The van der Waals surface area contributed by atoms with E-state index >= 15 is 0 Å². The Labute approximate surface area is 228 Å². The quantitative estimate of drug-likeness (QED) is 0.189. The monoisotopic (exact) mass is 546 g/mol. The number of esters is 1. The Bertz CT molecular complexity index is 1110. The molecule has 38 heavy (non-hydrogen) atoms. The summed E-state index contributed by atoms with van der Waals surface area (Å²) in [5.74, 6) is -0.0978. The van der Waals surface area contributed by atoms with Crippen molar-refractivity contribution >= 4 is 23.3 Å². The number of unbranched alkanes of at least 4 members (excludes halogenated alkanes) is 3.